The number of rotatable bonds is 5. The fourth-order valence-corrected chi connectivity index (χ4v) is 1.69. The second-order valence-electron chi connectivity index (χ2n) is 4.18. The van der Waals surface area contributed by atoms with Gasteiger partial charge in [-0.2, -0.15) is 13.2 Å². The van der Waals surface area contributed by atoms with Crippen molar-refractivity contribution in [2.75, 3.05) is 6.61 Å². The van der Waals surface area contributed by atoms with Crippen LogP contribution in [0.3, 0.4) is 0 Å². The van der Waals surface area contributed by atoms with Crippen molar-refractivity contribution in [1.29, 1.82) is 0 Å². The summed E-state index contributed by atoms with van der Waals surface area (Å²) >= 11 is 0. The molecule has 11 heteroatoms. The first-order valence-electron chi connectivity index (χ1n) is 6.19. The van der Waals surface area contributed by atoms with Gasteiger partial charge in [-0.15, -0.1) is 13.2 Å². The number of pyridine rings is 1. The van der Waals surface area contributed by atoms with Gasteiger partial charge in [-0.3, -0.25) is 4.79 Å². The minimum Gasteiger partial charge on any atom is -0.466 e. The summed E-state index contributed by atoms with van der Waals surface area (Å²) in [5.41, 5.74) is 2.10. The van der Waals surface area contributed by atoms with E-state index in [1.165, 1.54) is 6.92 Å². The van der Waals surface area contributed by atoms with E-state index >= 15 is 0 Å². The van der Waals surface area contributed by atoms with Crippen LogP contribution >= 0.6 is 0 Å². The Morgan fingerprint density at radius 2 is 1.87 bits per heavy atom. The minimum atomic E-state index is -5.26. The summed E-state index contributed by atoms with van der Waals surface area (Å²) in [5, 5.41) is 0. The summed E-state index contributed by atoms with van der Waals surface area (Å²) in [6, 6.07) is 0.447. The molecule has 0 radical (unpaired) electrons. The van der Waals surface area contributed by atoms with Crippen molar-refractivity contribution in [2.24, 2.45) is 5.73 Å². The lowest BCUT2D eigenvalue weighted by molar-refractivity contribution is -0.276. The maximum atomic E-state index is 13.0. The van der Waals surface area contributed by atoms with Crippen LogP contribution in [0.2, 0.25) is 0 Å². The summed E-state index contributed by atoms with van der Waals surface area (Å²) in [4.78, 5) is 14.6. The number of halogens is 6. The number of ether oxygens (including phenoxy) is 2. The molecule has 2 N–H and O–H groups in total. The number of nitrogens with zero attached hydrogens (tertiary/aromatic N) is 1. The van der Waals surface area contributed by atoms with Crippen LogP contribution in [0.5, 0.6) is 5.88 Å². The molecule has 5 nitrogen and oxygen atoms in total. The Morgan fingerprint density at radius 1 is 1.26 bits per heavy atom. The molecule has 1 rings (SSSR count). The van der Waals surface area contributed by atoms with Gasteiger partial charge in [-0.25, -0.2) is 4.98 Å². The number of carbonyl (C=O) groups is 1. The van der Waals surface area contributed by atoms with Gasteiger partial charge in [0, 0.05) is 12.1 Å². The number of nitrogens with two attached hydrogens (primary N) is 1. The summed E-state index contributed by atoms with van der Waals surface area (Å²) in [6.45, 7) is 0.535. The van der Waals surface area contributed by atoms with Crippen LogP contribution in [0.25, 0.3) is 0 Å². The van der Waals surface area contributed by atoms with E-state index in [0.29, 0.717) is 6.07 Å². The van der Waals surface area contributed by atoms with Gasteiger partial charge in [0.05, 0.1) is 24.3 Å². The summed E-state index contributed by atoms with van der Waals surface area (Å²) < 4.78 is 83.9. The monoisotopic (exact) mass is 346 g/mol. The van der Waals surface area contributed by atoms with Gasteiger partial charge in [-0.05, 0) is 13.0 Å². The fourth-order valence-electron chi connectivity index (χ4n) is 1.69. The molecule has 130 valence electrons. The van der Waals surface area contributed by atoms with Gasteiger partial charge in [0.1, 0.15) is 0 Å². The molecule has 1 aromatic rings. The van der Waals surface area contributed by atoms with Crippen molar-refractivity contribution < 1.29 is 40.6 Å². The van der Waals surface area contributed by atoms with Crippen molar-refractivity contribution in [3.63, 3.8) is 0 Å². The highest BCUT2D eigenvalue weighted by atomic mass is 19.4. The lowest BCUT2D eigenvalue weighted by atomic mass is 10.1. The topological polar surface area (TPSA) is 74.4 Å². The molecule has 0 fully saturated rings. The van der Waals surface area contributed by atoms with Crippen LogP contribution < -0.4 is 10.5 Å². The molecule has 0 aliphatic rings. The van der Waals surface area contributed by atoms with Crippen molar-refractivity contribution in [2.45, 2.75) is 32.4 Å². The fraction of sp³-hybridized carbons (Fsp3) is 0.500. The molecular formula is C12H12F6N2O3. The molecule has 1 aromatic heterocycles. The van der Waals surface area contributed by atoms with Crippen molar-refractivity contribution >= 4 is 5.97 Å². The molecule has 23 heavy (non-hydrogen) atoms. The Kier molecular flexibility index (Phi) is 5.81. The zero-order chi connectivity index (χ0) is 17.8. The number of aromatic nitrogens is 1. The van der Waals surface area contributed by atoms with Gasteiger partial charge in [0.25, 0.3) is 0 Å². The highest BCUT2D eigenvalue weighted by molar-refractivity contribution is 5.72. The lowest BCUT2D eigenvalue weighted by Crippen LogP contribution is -2.23. The van der Waals surface area contributed by atoms with Gasteiger partial charge < -0.3 is 15.2 Å². The van der Waals surface area contributed by atoms with Gasteiger partial charge >= 0.3 is 18.5 Å². The molecular weight excluding hydrogens is 334 g/mol. The minimum absolute atomic E-state index is 0.0439. The highest BCUT2D eigenvalue weighted by Crippen LogP contribution is 2.37. The van der Waals surface area contributed by atoms with Crippen LogP contribution in [0.15, 0.2) is 6.07 Å². The molecule has 0 atom stereocenters. The second-order valence-corrected chi connectivity index (χ2v) is 4.18. The molecule has 0 unspecified atom stereocenters. The summed E-state index contributed by atoms with van der Waals surface area (Å²) in [5.74, 6) is -2.28. The highest BCUT2D eigenvalue weighted by Gasteiger charge is 2.39. The maximum Gasteiger partial charge on any atom is 0.574 e. The van der Waals surface area contributed by atoms with Crippen molar-refractivity contribution in [1.82, 2.24) is 4.98 Å². The third-order valence-electron chi connectivity index (χ3n) is 2.49. The summed E-state index contributed by atoms with van der Waals surface area (Å²) in [6.07, 6.45) is -11.0. The number of esters is 1. The molecule has 0 aliphatic carbocycles. The van der Waals surface area contributed by atoms with Crippen molar-refractivity contribution in [3.8, 4) is 5.88 Å². The van der Waals surface area contributed by atoms with Crippen molar-refractivity contribution in [3.05, 3.63) is 22.9 Å². The van der Waals surface area contributed by atoms with Crippen LogP contribution in [-0.2, 0) is 28.7 Å². The average Bonchev–Trinajstić information content (AvgIpc) is 2.35. The van der Waals surface area contributed by atoms with Crippen LogP contribution in [0.4, 0.5) is 26.3 Å². The van der Waals surface area contributed by atoms with Crippen LogP contribution in [0, 0.1) is 0 Å². The first kappa shape index (κ1) is 19.0. The third-order valence-corrected chi connectivity index (χ3v) is 2.49. The molecule has 0 aliphatic heterocycles. The Balaban J connectivity index is 3.38. The molecule has 1 heterocycles. The molecule has 0 saturated heterocycles. The normalized spacial score (nSPS) is 12.2. The standard InChI is InChI=1S/C12H12F6N2O3/c1-2-22-9(21)4-6-3-8(11(13,14)15)7(5-19)10(20-6)23-12(16,17)18/h3H,2,4-5,19H2,1H3. The largest absolute Gasteiger partial charge is 0.574 e. The first-order chi connectivity index (χ1) is 10.5. The molecule has 0 bridgehead atoms. The van der Waals surface area contributed by atoms with E-state index in [1.54, 1.807) is 0 Å². The number of carbonyl (C=O) groups excluding carboxylic acids is 1. The van der Waals surface area contributed by atoms with E-state index in [2.05, 4.69) is 14.5 Å². The lowest BCUT2D eigenvalue weighted by Gasteiger charge is -2.18. The van der Waals surface area contributed by atoms with E-state index < -0.39 is 54.2 Å². The van der Waals surface area contributed by atoms with Gasteiger partial charge in [0.15, 0.2) is 0 Å². The zero-order valence-corrected chi connectivity index (χ0v) is 11.7. The molecule has 0 spiro atoms. The summed E-state index contributed by atoms with van der Waals surface area (Å²) in [7, 11) is 0. The smallest absolute Gasteiger partial charge is 0.466 e. The van der Waals surface area contributed by atoms with E-state index in [0.717, 1.165) is 0 Å². The molecule has 0 aromatic carbocycles. The van der Waals surface area contributed by atoms with Gasteiger partial charge in [-0.1, -0.05) is 0 Å². The first-order valence-corrected chi connectivity index (χ1v) is 6.19. The SMILES string of the molecule is CCOC(=O)Cc1cc(C(F)(F)F)c(CN)c(OC(F)(F)F)n1. The Morgan fingerprint density at radius 3 is 2.30 bits per heavy atom. The Hall–Kier alpha value is -2.04. The number of hydrogen-bond acceptors (Lipinski definition) is 5. The maximum absolute atomic E-state index is 13.0. The van der Waals surface area contributed by atoms with E-state index in [-0.39, 0.29) is 6.61 Å². The zero-order valence-electron chi connectivity index (χ0n) is 11.7. The molecule has 0 amide bonds. The Bertz CT molecular complexity index is 571. The number of alkyl halides is 6. The number of hydrogen-bond donors (Lipinski definition) is 1. The molecule has 0 saturated carbocycles. The third kappa shape index (κ3) is 5.58. The van der Waals surface area contributed by atoms with E-state index in [9.17, 15) is 31.1 Å². The second kappa shape index (κ2) is 7.02. The predicted molar refractivity (Wildman–Crippen MR) is 64.2 cm³/mol. The van der Waals surface area contributed by atoms with Crippen LogP contribution in [-0.4, -0.2) is 23.9 Å². The Labute approximate surface area is 126 Å². The van der Waals surface area contributed by atoms with E-state index in [1.807, 2.05) is 0 Å². The van der Waals surface area contributed by atoms with Gasteiger partial charge in [0.2, 0.25) is 5.88 Å². The quantitative estimate of drug-likeness (QED) is 0.655. The van der Waals surface area contributed by atoms with E-state index in [4.69, 9.17) is 5.73 Å². The predicted octanol–water partition coefficient (Wildman–Crippen LogP) is 2.56. The van der Waals surface area contributed by atoms with Crippen LogP contribution in [0.1, 0.15) is 23.7 Å². The average molecular weight is 346 g/mol.